The van der Waals surface area contributed by atoms with Crippen LogP contribution in [-0.2, 0) is 0 Å². The van der Waals surface area contributed by atoms with E-state index in [0.29, 0.717) is 0 Å². The smallest absolute Gasteiger partial charge is 0.0896 e. The molecule has 1 aromatic carbocycles. The number of hydrogen-bond donors (Lipinski definition) is 0. The first-order valence-corrected chi connectivity index (χ1v) is 4.07. The van der Waals surface area contributed by atoms with Crippen molar-refractivity contribution in [2.75, 3.05) is 0 Å². The minimum absolute atomic E-state index is 0.241. The summed E-state index contributed by atoms with van der Waals surface area (Å²) in [5.41, 5.74) is 1.96. The average Bonchev–Trinajstić information content (AvgIpc) is 2.20. The monoisotopic (exact) mass is 169 g/mol. The standard InChI is InChI=1S/C12H11N/c1-3-10-7-5-6-8-12(10)11(4-2)9-13/h3-8,11H,1-2H2. The molecule has 0 N–H and O–H groups in total. The number of benzene rings is 1. The SMILES string of the molecule is C=Cc1ccccc1C(C#N)C=C. The van der Waals surface area contributed by atoms with Crippen LogP contribution in [0.5, 0.6) is 0 Å². The van der Waals surface area contributed by atoms with Crippen molar-refractivity contribution in [3.8, 4) is 6.07 Å². The third-order valence-corrected chi connectivity index (χ3v) is 1.93. The molecule has 0 aliphatic carbocycles. The molecule has 0 saturated heterocycles. The second-order valence-corrected chi connectivity index (χ2v) is 2.68. The van der Waals surface area contributed by atoms with E-state index in [9.17, 15) is 0 Å². The normalized spacial score (nSPS) is 11.3. The quantitative estimate of drug-likeness (QED) is 0.638. The van der Waals surface area contributed by atoms with Gasteiger partial charge in [-0.1, -0.05) is 43.0 Å². The Kier molecular flexibility index (Phi) is 3.05. The van der Waals surface area contributed by atoms with E-state index in [4.69, 9.17) is 5.26 Å². The fourth-order valence-corrected chi connectivity index (χ4v) is 1.23. The van der Waals surface area contributed by atoms with Gasteiger partial charge in [-0.3, -0.25) is 0 Å². The number of nitrogens with zero attached hydrogens (tertiary/aromatic N) is 1. The van der Waals surface area contributed by atoms with Crippen LogP contribution < -0.4 is 0 Å². The molecule has 1 unspecified atom stereocenters. The van der Waals surface area contributed by atoms with Crippen molar-refractivity contribution in [1.82, 2.24) is 0 Å². The van der Waals surface area contributed by atoms with Gasteiger partial charge in [0.1, 0.15) is 0 Å². The molecule has 1 aromatic rings. The molecule has 1 nitrogen and oxygen atoms in total. The second-order valence-electron chi connectivity index (χ2n) is 2.68. The van der Waals surface area contributed by atoms with Gasteiger partial charge in [-0.2, -0.15) is 5.26 Å². The summed E-state index contributed by atoms with van der Waals surface area (Å²) in [4.78, 5) is 0. The molecule has 0 fully saturated rings. The van der Waals surface area contributed by atoms with Crippen LogP contribution in [0.1, 0.15) is 17.0 Å². The molecule has 0 heterocycles. The lowest BCUT2D eigenvalue weighted by molar-refractivity contribution is 1.09. The van der Waals surface area contributed by atoms with Crippen LogP contribution in [-0.4, -0.2) is 0 Å². The maximum atomic E-state index is 8.84. The van der Waals surface area contributed by atoms with Crippen molar-refractivity contribution in [2.45, 2.75) is 5.92 Å². The highest BCUT2D eigenvalue weighted by atomic mass is 14.3. The molecule has 1 rings (SSSR count). The summed E-state index contributed by atoms with van der Waals surface area (Å²) >= 11 is 0. The molecular formula is C12H11N. The van der Waals surface area contributed by atoms with E-state index in [-0.39, 0.29) is 5.92 Å². The molecule has 0 aliphatic rings. The molecule has 1 atom stereocenters. The van der Waals surface area contributed by atoms with Crippen molar-refractivity contribution < 1.29 is 0 Å². The lowest BCUT2D eigenvalue weighted by Crippen LogP contribution is -1.93. The van der Waals surface area contributed by atoms with Crippen LogP contribution >= 0.6 is 0 Å². The summed E-state index contributed by atoms with van der Waals surface area (Å²) in [6.45, 7) is 7.33. The Bertz CT molecular complexity index is 358. The van der Waals surface area contributed by atoms with Crippen LogP contribution in [0.2, 0.25) is 0 Å². The largest absolute Gasteiger partial charge is 0.197 e. The molecule has 0 radical (unpaired) electrons. The van der Waals surface area contributed by atoms with Crippen LogP contribution in [0.3, 0.4) is 0 Å². The number of allylic oxidation sites excluding steroid dienone is 1. The van der Waals surface area contributed by atoms with Crippen molar-refractivity contribution in [1.29, 1.82) is 5.26 Å². The zero-order valence-corrected chi connectivity index (χ0v) is 7.40. The van der Waals surface area contributed by atoms with Gasteiger partial charge in [0.25, 0.3) is 0 Å². The van der Waals surface area contributed by atoms with Gasteiger partial charge in [-0.25, -0.2) is 0 Å². The van der Waals surface area contributed by atoms with Gasteiger partial charge in [0.2, 0.25) is 0 Å². The fraction of sp³-hybridized carbons (Fsp3) is 0.0833. The van der Waals surface area contributed by atoms with Crippen molar-refractivity contribution in [3.05, 3.63) is 54.6 Å². The molecule has 64 valence electrons. The highest BCUT2D eigenvalue weighted by molar-refractivity contribution is 5.54. The van der Waals surface area contributed by atoms with Gasteiger partial charge in [0, 0.05) is 0 Å². The van der Waals surface area contributed by atoms with E-state index in [0.717, 1.165) is 11.1 Å². The van der Waals surface area contributed by atoms with E-state index in [1.54, 1.807) is 12.2 Å². The Morgan fingerprint density at radius 1 is 1.31 bits per heavy atom. The summed E-state index contributed by atoms with van der Waals surface area (Å²) in [5, 5.41) is 8.84. The topological polar surface area (TPSA) is 23.8 Å². The summed E-state index contributed by atoms with van der Waals surface area (Å²) in [5.74, 6) is -0.241. The van der Waals surface area contributed by atoms with E-state index in [1.807, 2.05) is 24.3 Å². The van der Waals surface area contributed by atoms with Crippen molar-refractivity contribution >= 4 is 6.08 Å². The molecule has 0 saturated carbocycles. The Morgan fingerprint density at radius 3 is 2.54 bits per heavy atom. The summed E-state index contributed by atoms with van der Waals surface area (Å²) < 4.78 is 0. The van der Waals surface area contributed by atoms with Crippen LogP contribution in [0, 0.1) is 11.3 Å². The first kappa shape index (κ1) is 9.28. The minimum atomic E-state index is -0.241. The third kappa shape index (κ3) is 1.86. The average molecular weight is 169 g/mol. The molecule has 0 spiro atoms. The molecular weight excluding hydrogens is 158 g/mol. The van der Waals surface area contributed by atoms with E-state index in [2.05, 4.69) is 19.2 Å². The Labute approximate surface area is 78.6 Å². The maximum Gasteiger partial charge on any atom is 0.0896 e. The lowest BCUT2D eigenvalue weighted by atomic mass is 9.95. The zero-order chi connectivity index (χ0) is 9.68. The molecule has 1 heteroatoms. The molecule has 0 bridgehead atoms. The van der Waals surface area contributed by atoms with Crippen LogP contribution in [0.15, 0.2) is 43.5 Å². The molecule has 0 amide bonds. The number of hydrogen-bond acceptors (Lipinski definition) is 1. The fourth-order valence-electron chi connectivity index (χ4n) is 1.23. The minimum Gasteiger partial charge on any atom is -0.197 e. The van der Waals surface area contributed by atoms with Gasteiger partial charge in [0.05, 0.1) is 12.0 Å². The first-order valence-electron chi connectivity index (χ1n) is 4.07. The maximum absolute atomic E-state index is 8.84. The molecule has 13 heavy (non-hydrogen) atoms. The zero-order valence-electron chi connectivity index (χ0n) is 7.40. The molecule has 0 aromatic heterocycles. The summed E-state index contributed by atoms with van der Waals surface area (Å²) in [6, 6.07) is 9.88. The highest BCUT2D eigenvalue weighted by Crippen LogP contribution is 2.20. The van der Waals surface area contributed by atoms with E-state index >= 15 is 0 Å². The van der Waals surface area contributed by atoms with Crippen molar-refractivity contribution in [3.63, 3.8) is 0 Å². The third-order valence-electron chi connectivity index (χ3n) is 1.93. The number of nitriles is 1. The first-order chi connectivity index (χ1) is 6.33. The summed E-state index contributed by atoms with van der Waals surface area (Å²) in [6.07, 6.45) is 3.39. The van der Waals surface area contributed by atoms with Crippen LogP contribution in [0.25, 0.3) is 6.08 Å². The Balaban J connectivity index is 3.20. The van der Waals surface area contributed by atoms with Gasteiger partial charge in [0.15, 0.2) is 0 Å². The highest BCUT2D eigenvalue weighted by Gasteiger charge is 2.07. The van der Waals surface area contributed by atoms with Gasteiger partial charge < -0.3 is 0 Å². The predicted octanol–water partition coefficient (Wildman–Crippen LogP) is 3.12. The number of rotatable bonds is 3. The Morgan fingerprint density at radius 2 is 2.00 bits per heavy atom. The van der Waals surface area contributed by atoms with Gasteiger partial charge in [-0.15, -0.1) is 6.58 Å². The summed E-state index contributed by atoms with van der Waals surface area (Å²) in [7, 11) is 0. The molecule has 0 aliphatic heterocycles. The van der Waals surface area contributed by atoms with Crippen molar-refractivity contribution in [2.24, 2.45) is 0 Å². The van der Waals surface area contributed by atoms with E-state index in [1.165, 1.54) is 0 Å². The predicted molar refractivity (Wildman–Crippen MR) is 55.1 cm³/mol. The lowest BCUT2D eigenvalue weighted by Gasteiger charge is -2.07. The van der Waals surface area contributed by atoms with Gasteiger partial charge >= 0.3 is 0 Å². The van der Waals surface area contributed by atoms with Crippen LogP contribution in [0.4, 0.5) is 0 Å². The van der Waals surface area contributed by atoms with E-state index < -0.39 is 0 Å². The second kappa shape index (κ2) is 4.27. The Hall–Kier alpha value is -1.81. The van der Waals surface area contributed by atoms with Gasteiger partial charge in [-0.05, 0) is 11.1 Å².